The van der Waals surface area contributed by atoms with Crippen molar-refractivity contribution in [1.82, 2.24) is 10.2 Å². The molecule has 2 unspecified atom stereocenters. The van der Waals surface area contributed by atoms with Gasteiger partial charge in [-0.15, -0.1) is 0 Å². The number of aliphatic hydroxyl groups excluding tert-OH is 1. The van der Waals surface area contributed by atoms with Crippen LogP contribution in [0.5, 0.6) is 0 Å². The van der Waals surface area contributed by atoms with E-state index in [1.807, 2.05) is 61.5 Å². The molecule has 3 aromatic carbocycles. The highest BCUT2D eigenvalue weighted by Crippen LogP contribution is 2.27. The van der Waals surface area contributed by atoms with Gasteiger partial charge in [-0.25, -0.2) is 4.79 Å². The number of hydrogen-bond donors (Lipinski definition) is 3. The average molecular weight is 534 g/mol. The number of nitrogens with one attached hydrogen (secondary N) is 2. The largest absolute Gasteiger partial charge is 0.444 e. The molecular weight excluding hydrogens is 494 g/mol. The lowest BCUT2D eigenvalue weighted by Crippen LogP contribution is -2.55. The molecule has 3 rings (SSSR count). The second-order valence-electron chi connectivity index (χ2n) is 11.0. The molecule has 3 N–H and O–H groups in total. The van der Waals surface area contributed by atoms with Crippen molar-refractivity contribution in [3.05, 3.63) is 77.9 Å². The predicted octanol–water partition coefficient (Wildman–Crippen LogP) is 5.20. The van der Waals surface area contributed by atoms with Crippen molar-refractivity contribution < 1.29 is 24.2 Å². The lowest BCUT2D eigenvalue weighted by atomic mass is 9.98. The quantitative estimate of drug-likeness (QED) is 0.351. The van der Waals surface area contributed by atoms with E-state index in [0.717, 1.165) is 16.3 Å². The van der Waals surface area contributed by atoms with Crippen LogP contribution in [0, 0.1) is 12.8 Å². The van der Waals surface area contributed by atoms with E-state index in [0.29, 0.717) is 11.3 Å². The van der Waals surface area contributed by atoms with E-state index in [4.69, 9.17) is 4.74 Å². The number of amides is 3. The molecule has 0 bridgehead atoms. The van der Waals surface area contributed by atoms with E-state index in [1.165, 1.54) is 4.90 Å². The zero-order valence-electron chi connectivity index (χ0n) is 23.5. The van der Waals surface area contributed by atoms with Crippen LogP contribution in [0.15, 0.2) is 66.7 Å². The van der Waals surface area contributed by atoms with Gasteiger partial charge in [-0.3, -0.25) is 9.59 Å². The van der Waals surface area contributed by atoms with E-state index < -0.39 is 35.6 Å². The maximum atomic E-state index is 14.0. The number of aliphatic hydroxyl groups is 1. The van der Waals surface area contributed by atoms with Gasteiger partial charge in [-0.05, 0) is 62.1 Å². The molecule has 208 valence electrons. The number of carbonyl (C=O) groups excluding carboxylic acids is 3. The molecule has 0 spiro atoms. The summed E-state index contributed by atoms with van der Waals surface area (Å²) in [5, 5.41) is 17.6. The maximum absolute atomic E-state index is 14.0. The number of fused-ring (bicyclic) bond motifs is 1. The first kappa shape index (κ1) is 29.6. The molecule has 2 atom stereocenters. The summed E-state index contributed by atoms with van der Waals surface area (Å²) in [4.78, 5) is 41.7. The highest BCUT2D eigenvalue weighted by Gasteiger charge is 2.37. The van der Waals surface area contributed by atoms with Gasteiger partial charge in [-0.2, -0.15) is 0 Å². The topological polar surface area (TPSA) is 108 Å². The minimum atomic E-state index is -1.06. The normalized spacial score (nSPS) is 13.0. The Bertz CT molecular complexity index is 1300. The first-order valence-electron chi connectivity index (χ1n) is 13.2. The lowest BCUT2D eigenvalue weighted by molar-refractivity contribution is -0.142. The van der Waals surface area contributed by atoms with Gasteiger partial charge in [0.05, 0.1) is 6.61 Å². The Morgan fingerprint density at radius 2 is 1.59 bits per heavy atom. The Morgan fingerprint density at radius 3 is 2.18 bits per heavy atom. The van der Waals surface area contributed by atoms with Gasteiger partial charge in [0.2, 0.25) is 5.91 Å². The zero-order valence-corrected chi connectivity index (χ0v) is 23.5. The molecule has 0 aliphatic rings. The predicted molar refractivity (Wildman–Crippen MR) is 153 cm³/mol. The first-order chi connectivity index (χ1) is 18.4. The lowest BCUT2D eigenvalue weighted by Gasteiger charge is -2.35. The molecule has 3 aromatic rings. The van der Waals surface area contributed by atoms with Crippen molar-refractivity contribution in [2.45, 2.75) is 59.2 Å². The molecule has 39 heavy (non-hydrogen) atoms. The minimum absolute atomic E-state index is 0.109. The van der Waals surface area contributed by atoms with E-state index in [2.05, 4.69) is 10.6 Å². The van der Waals surface area contributed by atoms with Crippen molar-refractivity contribution in [2.75, 3.05) is 18.5 Å². The fraction of sp³-hybridized carbons (Fsp3) is 0.387. The van der Waals surface area contributed by atoms with Gasteiger partial charge in [0, 0.05) is 12.2 Å². The third-order valence-corrected chi connectivity index (χ3v) is 6.20. The van der Waals surface area contributed by atoms with E-state index in [-0.39, 0.29) is 19.1 Å². The Balaban J connectivity index is 1.98. The van der Waals surface area contributed by atoms with E-state index in [9.17, 15) is 19.5 Å². The van der Waals surface area contributed by atoms with Crippen LogP contribution in [0.3, 0.4) is 0 Å². The van der Waals surface area contributed by atoms with Crippen LogP contribution in [0.25, 0.3) is 10.8 Å². The first-order valence-corrected chi connectivity index (χ1v) is 13.2. The van der Waals surface area contributed by atoms with Crippen LogP contribution < -0.4 is 10.6 Å². The molecule has 0 saturated heterocycles. The van der Waals surface area contributed by atoms with Crippen LogP contribution in [0.2, 0.25) is 0 Å². The van der Waals surface area contributed by atoms with Crippen molar-refractivity contribution in [3.63, 3.8) is 0 Å². The highest BCUT2D eigenvalue weighted by molar-refractivity contribution is 6.00. The summed E-state index contributed by atoms with van der Waals surface area (Å²) in [6.45, 7) is 10.3. The van der Waals surface area contributed by atoms with Crippen molar-refractivity contribution in [2.24, 2.45) is 5.92 Å². The molecule has 0 fully saturated rings. The van der Waals surface area contributed by atoms with Crippen molar-refractivity contribution in [1.29, 1.82) is 0 Å². The number of aryl methyl sites for hydroxylation is 1. The number of benzene rings is 3. The summed E-state index contributed by atoms with van der Waals surface area (Å²) in [6.07, 6.45) is -0.731. The average Bonchev–Trinajstić information content (AvgIpc) is 2.86. The SMILES string of the molecule is Cc1ccc(C(C(=O)Nc2ccc3ccccc3c2)N(CCO)C(=O)C(NC(=O)OC(C)(C)C)C(C)C)cc1. The molecule has 0 saturated carbocycles. The van der Waals surface area contributed by atoms with Crippen molar-refractivity contribution >= 4 is 34.4 Å². The zero-order chi connectivity index (χ0) is 28.7. The van der Waals surface area contributed by atoms with Crippen molar-refractivity contribution in [3.8, 4) is 0 Å². The van der Waals surface area contributed by atoms with Crippen LogP contribution in [-0.4, -0.2) is 52.7 Å². The maximum Gasteiger partial charge on any atom is 0.408 e. The molecule has 0 aromatic heterocycles. The second-order valence-corrected chi connectivity index (χ2v) is 11.0. The summed E-state index contributed by atoms with van der Waals surface area (Å²) < 4.78 is 5.38. The molecule has 0 aliphatic carbocycles. The summed E-state index contributed by atoms with van der Waals surface area (Å²) >= 11 is 0. The standard InChI is InChI=1S/C31H39N3O5/c1-20(2)26(33-30(38)39-31(4,5)6)29(37)34(17-18-35)27(23-13-11-21(3)12-14-23)28(36)32-25-16-15-22-9-7-8-10-24(22)19-25/h7-16,19-20,26-27,35H,17-18H2,1-6H3,(H,32,36)(H,33,38). The second kappa shape index (κ2) is 12.8. The third kappa shape index (κ3) is 8.04. The number of rotatable bonds is 9. The van der Waals surface area contributed by atoms with Gasteiger partial charge >= 0.3 is 6.09 Å². The number of alkyl carbamates (subject to hydrolysis) is 1. The summed E-state index contributed by atoms with van der Waals surface area (Å²) in [7, 11) is 0. The molecule has 0 aliphatic heterocycles. The molecule has 8 heteroatoms. The molecule has 3 amide bonds. The Labute approximate surface area is 230 Å². The van der Waals surface area contributed by atoms with Gasteiger partial charge in [-0.1, -0.05) is 74.0 Å². The third-order valence-electron chi connectivity index (χ3n) is 6.20. The Morgan fingerprint density at radius 1 is 0.949 bits per heavy atom. The molecule has 8 nitrogen and oxygen atoms in total. The smallest absolute Gasteiger partial charge is 0.408 e. The number of nitrogens with zero attached hydrogens (tertiary/aromatic N) is 1. The van der Waals surface area contributed by atoms with Gasteiger partial charge < -0.3 is 25.4 Å². The highest BCUT2D eigenvalue weighted by atomic mass is 16.6. The number of carbonyl (C=O) groups is 3. The van der Waals surface area contributed by atoms with E-state index >= 15 is 0 Å². The number of hydrogen-bond acceptors (Lipinski definition) is 5. The summed E-state index contributed by atoms with van der Waals surface area (Å²) in [6, 6.07) is 18.7. The molecule has 0 radical (unpaired) electrons. The fourth-order valence-corrected chi connectivity index (χ4v) is 4.30. The molecule has 0 heterocycles. The van der Waals surface area contributed by atoms with Crippen LogP contribution in [0.4, 0.5) is 10.5 Å². The summed E-state index contributed by atoms with van der Waals surface area (Å²) in [5.74, 6) is -1.24. The minimum Gasteiger partial charge on any atom is -0.444 e. The van der Waals surface area contributed by atoms with Crippen LogP contribution in [-0.2, 0) is 14.3 Å². The van der Waals surface area contributed by atoms with Crippen LogP contribution in [0.1, 0.15) is 51.8 Å². The van der Waals surface area contributed by atoms with Gasteiger partial charge in [0.25, 0.3) is 5.91 Å². The Kier molecular flexibility index (Phi) is 9.70. The monoisotopic (exact) mass is 533 g/mol. The number of ether oxygens (including phenoxy) is 1. The van der Waals surface area contributed by atoms with E-state index in [1.54, 1.807) is 46.8 Å². The molecular formula is C31H39N3O5. The van der Waals surface area contributed by atoms with Gasteiger partial charge in [0.1, 0.15) is 17.7 Å². The van der Waals surface area contributed by atoms with Crippen LogP contribution >= 0.6 is 0 Å². The summed E-state index contributed by atoms with van der Waals surface area (Å²) in [5.41, 5.74) is 1.42. The Hall–Kier alpha value is -3.91. The fourth-order valence-electron chi connectivity index (χ4n) is 4.30. The number of anilines is 1. The van der Waals surface area contributed by atoms with Gasteiger partial charge in [0.15, 0.2) is 0 Å².